The minimum atomic E-state index is -3.18. The van der Waals surface area contributed by atoms with Crippen LogP contribution in [0.25, 0.3) is 22.3 Å². The molecule has 0 N–H and O–H groups in total. The number of alkyl halides is 2. The number of carbonyl (C=O) groups excluding carboxylic acids is 4. The molecule has 0 atom stereocenters. The highest BCUT2D eigenvalue weighted by atomic mass is 19.3. The van der Waals surface area contributed by atoms with Crippen molar-refractivity contribution < 1.29 is 75.3 Å². The lowest BCUT2D eigenvalue weighted by Crippen LogP contribution is -2.12. The number of aryl methyl sites for hydroxylation is 4. The second kappa shape index (κ2) is 39.9. The van der Waals surface area contributed by atoms with Crippen LogP contribution < -0.4 is 28.4 Å². The highest BCUT2D eigenvalue weighted by Gasteiger charge is 2.45. The third kappa shape index (κ3) is 23.7. The summed E-state index contributed by atoms with van der Waals surface area (Å²) in [6.45, 7) is 16.9. The van der Waals surface area contributed by atoms with Gasteiger partial charge in [-0.3, -0.25) is 0 Å². The Morgan fingerprint density at radius 1 is 0.314 bits per heavy atom. The molecule has 0 bridgehead atoms. The first-order valence-corrected chi connectivity index (χ1v) is 35.0. The average Bonchev–Trinajstić information content (AvgIpc) is 1.58. The number of unbranched alkanes of at least 4 members (excludes halogenated alkanes) is 6. The van der Waals surface area contributed by atoms with E-state index < -0.39 is 29.8 Å². The van der Waals surface area contributed by atoms with Crippen molar-refractivity contribution in [2.45, 2.75) is 109 Å². The summed E-state index contributed by atoms with van der Waals surface area (Å²) in [5.41, 5.74) is 13.5. The summed E-state index contributed by atoms with van der Waals surface area (Å²) in [7, 11) is 0. The zero-order valence-corrected chi connectivity index (χ0v) is 58.0. The molecule has 8 aromatic rings. The molecule has 14 nitrogen and oxygen atoms in total. The lowest BCUT2D eigenvalue weighted by Gasteiger charge is -2.15. The molecule has 8 aromatic carbocycles. The maximum absolute atomic E-state index is 15.8. The van der Waals surface area contributed by atoms with E-state index in [4.69, 9.17) is 47.4 Å². The first-order valence-electron chi connectivity index (χ1n) is 35.0. The van der Waals surface area contributed by atoms with Gasteiger partial charge in [0.15, 0.2) is 0 Å². The van der Waals surface area contributed by atoms with Crippen LogP contribution in [0.3, 0.4) is 0 Å². The van der Waals surface area contributed by atoms with Crippen LogP contribution in [0.2, 0.25) is 0 Å². The van der Waals surface area contributed by atoms with Crippen molar-refractivity contribution in [1.29, 1.82) is 0 Å². The van der Waals surface area contributed by atoms with Crippen LogP contribution in [-0.4, -0.2) is 83.5 Å². The van der Waals surface area contributed by atoms with Crippen LogP contribution in [0.15, 0.2) is 220 Å². The molecule has 0 saturated carbocycles. The highest BCUT2D eigenvalue weighted by Crippen LogP contribution is 2.52. The van der Waals surface area contributed by atoms with E-state index in [1.807, 2.05) is 54.6 Å². The van der Waals surface area contributed by atoms with E-state index in [9.17, 15) is 19.2 Å². The van der Waals surface area contributed by atoms with Gasteiger partial charge in [-0.15, -0.1) is 0 Å². The van der Waals surface area contributed by atoms with Gasteiger partial charge in [0, 0.05) is 48.3 Å². The van der Waals surface area contributed by atoms with E-state index in [2.05, 4.69) is 87.0 Å². The average molecular weight is 1390 g/mol. The van der Waals surface area contributed by atoms with Gasteiger partial charge >= 0.3 is 23.9 Å². The fourth-order valence-corrected chi connectivity index (χ4v) is 11.8. The molecule has 0 spiro atoms. The molecule has 16 heteroatoms. The van der Waals surface area contributed by atoms with Crippen LogP contribution in [-0.2, 0) is 82.6 Å². The molecule has 0 radical (unpaired) electrons. The molecule has 0 aliphatic heterocycles. The van der Waals surface area contributed by atoms with Crippen molar-refractivity contribution >= 4 is 23.9 Å². The van der Waals surface area contributed by atoms with Crippen LogP contribution >= 0.6 is 0 Å². The molecule has 0 aromatic heterocycles. The lowest BCUT2D eigenvalue weighted by atomic mass is 9.98. The lowest BCUT2D eigenvalue weighted by molar-refractivity contribution is -0.138. The normalized spacial score (nSPS) is 11.7. The Kier molecular flexibility index (Phi) is 29.5. The number of carbonyl (C=O) groups is 4. The van der Waals surface area contributed by atoms with Gasteiger partial charge in [0.05, 0.1) is 52.9 Å². The molecule has 2 aliphatic carbocycles. The number of fused-ring (bicyclic) bond motifs is 6. The fraction of sp³-hybridized carbons (Fsp3) is 0.302. The Morgan fingerprint density at radius 2 is 0.618 bits per heavy atom. The first-order chi connectivity index (χ1) is 49.8. The molecule has 0 fully saturated rings. The fourth-order valence-electron chi connectivity index (χ4n) is 11.8. The summed E-state index contributed by atoms with van der Waals surface area (Å²) in [6, 6.07) is 55.2. The van der Waals surface area contributed by atoms with Gasteiger partial charge in [0.25, 0.3) is 5.92 Å². The van der Waals surface area contributed by atoms with E-state index in [0.717, 1.165) is 124 Å². The van der Waals surface area contributed by atoms with Gasteiger partial charge in [-0.05, 0) is 236 Å². The Bertz CT molecular complexity index is 3940. The Hall–Kier alpha value is -10.7. The Balaban J connectivity index is 0.000000240. The quantitative estimate of drug-likeness (QED) is 0.0117. The zero-order chi connectivity index (χ0) is 71.7. The minimum Gasteiger partial charge on any atom is -0.494 e. The monoisotopic (exact) mass is 1380 g/mol. The number of ether oxygens (including phenoxy) is 10. The van der Waals surface area contributed by atoms with Crippen molar-refractivity contribution in [3.63, 3.8) is 0 Å². The number of hydrogen-bond acceptors (Lipinski definition) is 14. The van der Waals surface area contributed by atoms with Gasteiger partial charge in [0.1, 0.15) is 34.5 Å². The standard InChI is InChI=1S/C45H48F2O8.C41H42O6/c1-3-43(48)52-27-11-7-5-9-25-50-35-16-13-33(14-17-35)29-34-15-23-39-40-24-22-38(31-42(40)45(46,47)41(39)30-34)55-32-54-37-20-18-36(19-21-37)51-26-10-6-8-12-28-53-44(49)4-2;1-3-40(42)46-25-5-23-44-36-17-11-30(12-18-36)7-9-32-15-21-38-34(27-32)29-35-28-33(16-22-39(35)38)10-8-31-13-19-37(20-14-31)45-24-6-26-47-41(43)4-2/h3-4,13-24,30-31H,1-2,5-12,25-29,32H2;3-4,11-22,27-28H,1-2,5-10,23-26,29H2. The topological polar surface area (TPSA) is 161 Å². The second-order valence-corrected chi connectivity index (χ2v) is 24.7. The number of halogens is 2. The number of hydrogen-bond donors (Lipinski definition) is 0. The maximum atomic E-state index is 15.8. The molecule has 2 aliphatic rings. The molecule has 0 unspecified atom stereocenters. The van der Waals surface area contributed by atoms with Crippen molar-refractivity contribution in [2.24, 2.45) is 0 Å². The predicted octanol–water partition coefficient (Wildman–Crippen LogP) is 18.0. The smallest absolute Gasteiger partial charge is 0.330 e. The first kappa shape index (κ1) is 75.5. The second-order valence-electron chi connectivity index (χ2n) is 24.7. The van der Waals surface area contributed by atoms with Gasteiger partial charge in [0.2, 0.25) is 6.79 Å². The summed E-state index contributed by atoms with van der Waals surface area (Å²) in [5.74, 6) is -0.833. The number of rotatable bonds is 42. The summed E-state index contributed by atoms with van der Waals surface area (Å²) < 4.78 is 86.2. The minimum absolute atomic E-state index is 0.0129. The molecule has 0 heterocycles. The zero-order valence-electron chi connectivity index (χ0n) is 58.0. The Morgan fingerprint density at radius 3 is 1.05 bits per heavy atom. The van der Waals surface area contributed by atoms with Crippen molar-refractivity contribution in [3.05, 3.63) is 276 Å². The van der Waals surface area contributed by atoms with Crippen molar-refractivity contribution in [2.75, 3.05) is 59.6 Å². The number of benzene rings is 8. The van der Waals surface area contributed by atoms with Crippen LogP contribution in [0, 0.1) is 0 Å². The molecular weight excluding hydrogens is 1290 g/mol. The predicted molar refractivity (Wildman–Crippen MR) is 392 cm³/mol. The molecule has 0 amide bonds. The van der Waals surface area contributed by atoms with Gasteiger partial charge < -0.3 is 47.4 Å². The van der Waals surface area contributed by atoms with Crippen LogP contribution in [0.5, 0.6) is 34.5 Å². The van der Waals surface area contributed by atoms with Gasteiger partial charge in [-0.1, -0.05) is 117 Å². The van der Waals surface area contributed by atoms with E-state index in [-0.39, 0.29) is 17.9 Å². The largest absolute Gasteiger partial charge is 0.494 e. The van der Waals surface area contributed by atoms with Crippen LogP contribution in [0.1, 0.15) is 120 Å². The molecule has 532 valence electrons. The third-order valence-electron chi connectivity index (χ3n) is 17.3. The summed E-state index contributed by atoms with van der Waals surface area (Å²) in [6.07, 6.45) is 18.5. The highest BCUT2D eigenvalue weighted by molar-refractivity contribution is 5.83. The summed E-state index contributed by atoms with van der Waals surface area (Å²) >= 11 is 0. The molecule has 10 rings (SSSR count). The summed E-state index contributed by atoms with van der Waals surface area (Å²) in [5, 5.41) is 0. The van der Waals surface area contributed by atoms with E-state index in [1.165, 1.54) is 62.7 Å². The third-order valence-corrected chi connectivity index (χ3v) is 17.3. The molecular formula is C86H90F2O14. The van der Waals surface area contributed by atoms with E-state index >= 15 is 8.78 Å². The van der Waals surface area contributed by atoms with E-state index in [0.29, 0.717) is 100 Å². The molecule has 102 heavy (non-hydrogen) atoms. The summed E-state index contributed by atoms with van der Waals surface area (Å²) in [4.78, 5) is 44.3. The van der Waals surface area contributed by atoms with Crippen molar-refractivity contribution in [1.82, 2.24) is 0 Å². The van der Waals surface area contributed by atoms with E-state index in [1.54, 1.807) is 48.5 Å². The molecule has 0 saturated heterocycles. The SMILES string of the molecule is C=CC(=O)OCCCCCCOc1ccc(Cc2ccc3c(c2)C(F)(F)c2cc(OCOc4ccc(OCCCCCCOC(=O)C=C)cc4)ccc2-3)cc1.C=CC(=O)OCCCOc1ccc(CCc2ccc3c(c2)Cc2cc(CCc4ccc(OCCCOC(=O)C=C)cc4)ccc2-3)cc1. The number of esters is 4. The maximum Gasteiger partial charge on any atom is 0.330 e. The van der Waals surface area contributed by atoms with Gasteiger partial charge in [-0.2, -0.15) is 8.78 Å². The Labute approximate surface area is 597 Å². The van der Waals surface area contributed by atoms with Crippen molar-refractivity contribution in [3.8, 4) is 56.8 Å². The van der Waals surface area contributed by atoms with Gasteiger partial charge in [-0.25, -0.2) is 19.2 Å². The van der Waals surface area contributed by atoms with Crippen LogP contribution in [0.4, 0.5) is 8.78 Å².